The van der Waals surface area contributed by atoms with Gasteiger partial charge in [-0.15, -0.1) is 0 Å². The highest BCUT2D eigenvalue weighted by Gasteiger charge is 2.08. The third-order valence-electron chi connectivity index (χ3n) is 3.21. The highest BCUT2D eigenvalue weighted by molar-refractivity contribution is 5.75. The van der Waals surface area contributed by atoms with E-state index >= 15 is 0 Å². The normalized spacial score (nSPS) is 11.5. The number of hydrogen-bond donors (Lipinski definition) is 0. The summed E-state index contributed by atoms with van der Waals surface area (Å²) in [6.07, 6.45) is 3.54. The molecular weight excluding hydrogens is 208 g/mol. The molecule has 1 heterocycles. The standard InChI is InChI=1S/C15H22N2/c1-4-15-16-13-9-5-6-10-14(13)17(15)11-7-8-12(2)3/h5-6,9-10,12H,4,7-8,11H2,1-3H3. The maximum Gasteiger partial charge on any atom is 0.109 e. The van der Waals surface area contributed by atoms with Gasteiger partial charge >= 0.3 is 0 Å². The Balaban J connectivity index is 2.24. The van der Waals surface area contributed by atoms with E-state index in [1.807, 2.05) is 0 Å². The van der Waals surface area contributed by atoms with Gasteiger partial charge in [-0.2, -0.15) is 0 Å². The molecule has 1 aromatic heterocycles. The molecule has 0 atom stereocenters. The van der Waals surface area contributed by atoms with Crippen LogP contribution in [-0.4, -0.2) is 9.55 Å². The number of fused-ring (bicyclic) bond motifs is 1. The molecule has 2 aromatic rings. The van der Waals surface area contributed by atoms with Gasteiger partial charge in [0, 0.05) is 13.0 Å². The first-order chi connectivity index (χ1) is 8.22. The molecular formula is C15H22N2. The van der Waals surface area contributed by atoms with Crippen molar-refractivity contribution in [2.45, 2.75) is 46.6 Å². The molecule has 0 amide bonds. The van der Waals surface area contributed by atoms with Gasteiger partial charge in [-0.3, -0.25) is 0 Å². The van der Waals surface area contributed by atoms with Gasteiger partial charge < -0.3 is 4.57 Å². The van der Waals surface area contributed by atoms with Crippen molar-refractivity contribution in [3.63, 3.8) is 0 Å². The van der Waals surface area contributed by atoms with Crippen LogP contribution in [0, 0.1) is 5.92 Å². The molecule has 2 heteroatoms. The monoisotopic (exact) mass is 230 g/mol. The Labute approximate surface area is 104 Å². The number of imidazole rings is 1. The van der Waals surface area contributed by atoms with Crippen LogP contribution in [0.2, 0.25) is 0 Å². The molecule has 2 nitrogen and oxygen atoms in total. The molecule has 0 aliphatic rings. The molecule has 0 aliphatic carbocycles. The Kier molecular flexibility index (Phi) is 3.82. The number of benzene rings is 1. The van der Waals surface area contributed by atoms with Crippen molar-refractivity contribution in [2.75, 3.05) is 0 Å². The predicted molar refractivity (Wildman–Crippen MR) is 73.2 cm³/mol. The summed E-state index contributed by atoms with van der Waals surface area (Å²) in [6, 6.07) is 8.44. The van der Waals surface area contributed by atoms with Crippen LogP contribution in [0.3, 0.4) is 0 Å². The summed E-state index contributed by atoms with van der Waals surface area (Å²) in [4.78, 5) is 4.69. The smallest absolute Gasteiger partial charge is 0.109 e. The highest BCUT2D eigenvalue weighted by Crippen LogP contribution is 2.18. The summed E-state index contributed by atoms with van der Waals surface area (Å²) in [5.41, 5.74) is 2.42. The van der Waals surface area contributed by atoms with E-state index < -0.39 is 0 Å². The SMILES string of the molecule is CCc1nc2ccccc2n1CCCC(C)C. The number of aryl methyl sites for hydroxylation is 2. The summed E-state index contributed by atoms with van der Waals surface area (Å²) in [7, 11) is 0. The van der Waals surface area contributed by atoms with E-state index in [1.165, 1.54) is 24.2 Å². The fourth-order valence-corrected chi connectivity index (χ4v) is 2.30. The van der Waals surface area contributed by atoms with Gasteiger partial charge in [0.15, 0.2) is 0 Å². The molecule has 17 heavy (non-hydrogen) atoms. The number of para-hydroxylation sites is 2. The first-order valence-electron chi connectivity index (χ1n) is 6.66. The zero-order valence-corrected chi connectivity index (χ0v) is 11.1. The molecule has 0 radical (unpaired) electrons. The van der Waals surface area contributed by atoms with Crippen molar-refractivity contribution in [3.05, 3.63) is 30.1 Å². The largest absolute Gasteiger partial charge is 0.328 e. The molecule has 0 saturated heterocycles. The van der Waals surface area contributed by atoms with Gasteiger partial charge in [-0.1, -0.05) is 32.9 Å². The van der Waals surface area contributed by atoms with Crippen LogP contribution in [0.1, 0.15) is 39.4 Å². The van der Waals surface area contributed by atoms with E-state index in [9.17, 15) is 0 Å². The lowest BCUT2D eigenvalue weighted by Crippen LogP contribution is -2.04. The van der Waals surface area contributed by atoms with E-state index in [4.69, 9.17) is 4.98 Å². The number of aromatic nitrogens is 2. The summed E-state index contributed by atoms with van der Waals surface area (Å²) < 4.78 is 2.39. The Bertz CT molecular complexity index is 483. The van der Waals surface area contributed by atoms with Crippen molar-refractivity contribution in [3.8, 4) is 0 Å². The van der Waals surface area contributed by atoms with Gasteiger partial charge in [-0.05, 0) is 30.9 Å². The van der Waals surface area contributed by atoms with Crippen LogP contribution in [0.25, 0.3) is 11.0 Å². The molecule has 0 unspecified atom stereocenters. The van der Waals surface area contributed by atoms with E-state index in [-0.39, 0.29) is 0 Å². The minimum absolute atomic E-state index is 0.787. The maximum absolute atomic E-state index is 4.69. The van der Waals surface area contributed by atoms with E-state index in [2.05, 4.69) is 49.6 Å². The predicted octanol–water partition coefficient (Wildman–Crippen LogP) is 4.03. The molecule has 0 fully saturated rings. The van der Waals surface area contributed by atoms with Crippen molar-refractivity contribution in [2.24, 2.45) is 5.92 Å². The fourth-order valence-electron chi connectivity index (χ4n) is 2.30. The molecule has 0 spiro atoms. The quantitative estimate of drug-likeness (QED) is 0.758. The second kappa shape index (κ2) is 5.35. The summed E-state index contributed by atoms with van der Waals surface area (Å²) >= 11 is 0. The minimum atomic E-state index is 0.787. The van der Waals surface area contributed by atoms with E-state index in [1.54, 1.807) is 0 Å². The second-order valence-corrected chi connectivity index (χ2v) is 5.06. The molecule has 0 N–H and O–H groups in total. The van der Waals surface area contributed by atoms with Crippen LogP contribution in [0.5, 0.6) is 0 Å². The average molecular weight is 230 g/mol. The Morgan fingerprint density at radius 1 is 1.24 bits per heavy atom. The first-order valence-corrected chi connectivity index (χ1v) is 6.66. The zero-order chi connectivity index (χ0) is 12.3. The highest BCUT2D eigenvalue weighted by atomic mass is 15.1. The van der Waals surface area contributed by atoms with Crippen molar-refractivity contribution in [1.82, 2.24) is 9.55 Å². The lowest BCUT2D eigenvalue weighted by molar-refractivity contribution is 0.510. The molecule has 2 rings (SSSR count). The lowest BCUT2D eigenvalue weighted by Gasteiger charge is -2.09. The number of rotatable bonds is 5. The van der Waals surface area contributed by atoms with E-state index in [0.29, 0.717) is 0 Å². The maximum atomic E-state index is 4.69. The summed E-state index contributed by atoms with van der Waals surface area (Å²) in [6.45, 7) is 7.85. The molecule has 92 valence electrons. The van der Waals surface area contributed by atoms with Crippen LogP contribution >= 0.6 is 0 Å². The van der Waals surface area contributed by atoms with Crippen LogP contribution in [-0.2, 0) is 13.0 Å². The van der Waals surface area contributed by atoms with Crippen molar-refractivity contribution < 1.29 is 0 Å². The average Bonchev–Trinajstić information content (AvgIpc) is 2.67. The minimum Gasteiger partial charge on any atom is -0.328 e. The molecule has 1 aromatic carbocycles. The van der Waals surface area contributed by atoms with Gasteiger partial charge in [-0.25, -0.2) is 4.98 Å². The molecule has 0 bridgehead atoms. The van der Waals surface area contributed by atoms with Crippen LogP contribution in [0.4, 0.5) is 0 Å². The Morgan fingerprint density at radius 3 is 2.71 bits per heavy atom. The van der Waals surface area contributed by atoms with Gasteiger partial charge in [0.2, 0.25) is 0 Å². The fraction of sp³-hybridized carbons (Fsp3) is 0.533. The van der Waals surface area contributed by atoms with Gasteiger partial charge in [0.05, 0.1) is 11.0 Å². The lowest BCUT2D eigenvalue weighted by atomic mass is 10.1. The third kappa shape index (κ3) is 2.68. The Morgan fingerprint density at radius 2 is 2.00 bits per heavy atom. The van der Waals surface area contributed by atoms with Crippen molar-refractivity contribution in [1.29, 1.82) is 0 Å². The van der Waals surface area contributed by atoms with Gasteiger partial charge in [0.1, 0.15) is 5.82 Å². The first kappa shape index (κ1) is 12.2. The molecule has 0 saturated carbocycles. The number of nitrogens with zero attached hydrogens (tertiary/aromatic N) is 2. The summed E-state index contributed by atoms with van der Waals surface area (Å²) in [5, 5.41) is 0. The number of hydrogen-bond acceptors (Lipinski definition) is 1. The van der Waals surface area contributed by atoms with Crippen molar-refractivity contribution >= 4 is 11.0 Å². The molecule has 0 aliphatic heterocycles. The zero-order valence-electron chi connectivity index (χ0n) is 11.1. The van der Waals surface area contributed by atoms with Crippen LogP contribution < -0.4 is 0 Å². The Hall–Kier alpha value is -1.31. The second-order valence-electron chi connectivity index (χ2n) is 5.06. The van der Waals surface area contributed by atoms with E-state index in [0.717, 1.165) is 24.4 Å². The topological polar surface area (TPSA) is 17.8 Å². The third-order valence-corrected chi connectivity index (χ3v) is 3.21. The van der Waals surface area contributed by atoms with Crippen LogP contribution in [0.15, 0.2) is 24.3 Å². The van der Waals surface area contributed by atoms with Gasteiger partial charge in [0.25, 0.3) is 0 Å². The summed E-state index contributed by atoms with van der Waals surface area (Å²) in [5.74, 6) is 2.00.